The molecule has 1 aromatic carbocycles. The summed E-state index contributed by atoms with van der Waals surface area (Å²) < 4.78 is 37.3. The van der Waals surface area contributed by atoms with Crippen LogP contribution >= 0.6 is 0 Å². The first-order chi connectivity index (χ1) is 12.5. The van der Waals surface area contributed by atoms with Gasteiger partial charge in [0.15, 0.2) is 5.82 Å². The van der Waals surface area contributed by atoms with Crippen LogP contribution in [0.15, 0.2) is 48.8 Å². The summed E-state index contributed by atoms with van der Waals surface area (Å²) >= 11 is 0. The van der Waals surface area contributed by atoms with E-state index in [9.17, 15) is 13.2 Å². The fraction of sp³-hybridized carbons (Fsp3) is 0.118. The van der Waals surface area contributed by atoms with Gasteiger partial charge in [-0.25, -0.2) is 4.98 Å². The van der Waals surface area contributed by atoms with E-state index in [1.54, 1.807) is 24.4 Å². The molecule has 9 heteroatoms. The summed E-state index contributed by atoms with van der Waals surface area (Å²) in [5, 5.41) is 13.9. The lowest BCUT2D eigenvalue weighted by Gasteiger charge is -2.12. The van der Waals surface area contributed by atoms with Crippen LogP contribution in [0.2, 0.25) is 0 Å². The van der Waals surface area contributed by atoms with Crippen LogP contribution < -0.4 is 10.6 Å². The second-order valence-electron chi connectivity index (χ2n) is 5.66. The van der Waals surface area contributed by atoms with Crippen LogP contribution in [0.3, 0.4) is 0 Å². The number of nitrogens with zero attached hydrogens (tertiary/aromatic N) is 3. The van der Waals surface area contributed by atoms with Crippen LogP contribution in [0.25, 0.3) is 21.8 Å². The third-order valence-electron chi connectivity index (χ3n) is 3.80. The van der Waals surface area contributed by atoms with Crippen LogP contribution in [0.1, 0.15) is 0 Å². The highest BCUT2D eigenvalue weighted by Gasteiger charge is 2.27. The van der Waals surface area contributed by atoms with Crippen molar-refractivity contribution in [2.24, 2.45) is 0 Å². The molecule has 0 aliphatic rings. The van der Waals surface area contributed by atoms with Crippen LogP contribution in [0.4, 0.5) is 30.5 Å². The van der Waals surface area contributed by atoms with Crippen LogP contribution in [0.5, 0.6) is 0 Å². The molecule has 0 atom stereocenters. The van der Waals surface area contributed by atoms with Gasteiger partial charge in [0.25, 0.3) is 0 Å². The molecular weight excluding hydrogens is 345 g/mol. The van der Waals surface area contributed by atoms with E-state index in [1.807, 2.05) is 18.2 Å². The van der Waals surface area contributed by atoms with Gasteiger partial charge in [0.1, 0.15) is 17.9 Å². The van der Waals surface area contributed by atoms with Gasteiger partial charge in [-0.05, 0) is 41.8 Å². The van der Waals surface area contributed by atoms with Crippen LogP contribution in [0, 0.1) is 0 Å². The molecular formula is C17H13F3N6. The number of H-pyrrole nitrogens is 1. The zero-order chi connectivity index (χ0) is 18.1. The van der Waals surface area contributed by atoms with Gasteiger partial charge < -0.3 is 10.6 Å². The second-order valence-corrected chi connectivity index (χ2v) is 5.66. The summed E-state index contributed by atoms with van der Waals surface area (Å²) in [6, 6.07) is 10.7. The van der Waals surface area contributed by atoms with Crippen molar-refractivity contribution >= 4 is 39.1 Å². The standard InChI is InChI=1S/C17H13F3N6/c18-17(19,20)9-23-15-12-4-3-11(8-10(12)5-7-22-15)24-16-14-13(25-26-16)2-1-6-21-14/h1-8H,9H2,(H,22,23)(H2,24,25,26). The van der Waals surface area contributed by atoms with E-state index in [1.165, 1.54) is 6.20 Å². The van der Waals surface area contributed by atoms with Gasteiger partial charge in [-0.15, -0.1) is 0 Å². The fourth-order valence-electron chi connectivity index (χ4n) is 2.66. The van der Waals surface area contributed by atoms with E-state index in [4.69, 9.17) is 0 Å². The monoisotopic (exact) mass is 358 g/mol. The minimum absolute atomic E-state index is 0.193. The SMILES string of the molecule is FC(F)(F)CNc1nccc2cc(Nc3n[nH]c4cccnc34)ccc12. The van der Waals surface area contributed by atoms with Crippen molar-refractivity contribution in [3.8, 4) is 0 Å². The van der Waals surface area contributed by atoms with Gasteiger partial charge in [0.05, 0.1) is 5.52 Å². The highest BCUT2D eigenvalue weighted by Crippen LogP contribution is 2.28. The van der Waals surface area contributed by atoms with Crippen molar-refractivity contribution in [1.29, 1.82) is 0 Å². The molecule has 0 saturated heterocycles. The van der Waals surface area contributed by atoms with Crippen LogP contribution in [-0.2, 0) is 0 Å². The topological polar surface area (TPSA) is 78.5 Å². The Morgan fingerprint density at radius 3 is 2.73 bits per heavy atom. The van der Waals surface area contributed by atoms with Gasteiger partial charge in [0.2, 0.25) is 0 Å². The lowest BCUT2D eigenvalue weighted by molar-refractivity contribution is -0.115. The number of fused-ring (bicyclic) bond motifs is 2. The summed E-state index contributed by atoms with van der Waals surface area (Å²) in [6.07, 6.45) is -1.16. The summed E-state index contributed by atoms with van der Waals surface area (Å²) in [5.74, 6) is 0.766. The van der Waals surface area contributed by atoms with Crippen molar-refractivity contribution in [2.45, 2.75) is 6.18 Å². The number of halogens is 3. The van der Waals surface area contributed by atoms with Crippen molar-refractivity contribution in [1.82, 2.24) is 20.2 Å². The Bertz CT molecular complexity index is 1070. The number of anilines is 3. The lowest BCUT2D eigenvalue weighted by atomic mass is 10.1. The molecule has 0 spiro atoms. The number of benzene rings is 1. The molecule has 3 aromatic heterocycles. The van der Waals surface area contributed by atoms with Crippen molar-refractivity contribution in [3.63, 3.8) is 0 Å². The molecule has 0 radical (unpaired) electrons. The Morgan fingerprint density at radius 2 is 1.88 bits per heavy atom. The third-order valence-corrected chi connectivity index (χ3v) is 3.80. The summed E-state index contributed by atoms with van der Waals surface area (Å²) in [7, 11) is 0. The Morgan fingerprint density at radius 1 is 1.00 bits per heavy atom. The number of pyridine rings is 2. The lowest BCUT2D eigenvalue weighted by Crippen LogP contribution is -2.21. The molecule has 0 fully saturated rings. The molecule has 0 unspecified atom stereocenters. The first kappa shape index (κ1) is 16.1. The Hall–Kier alpha value is -3.36. The molecule has 3 heterocycles. The molecule has 26 heavy (non-hydrogen) atoms. The highest BCUT2D eigenvalue weighted by molar-refractivity contribution is 5.95. The van der Waals surface area contributed by atoms with Crippen molar-refractivity contribution in [3.05, 3.63) is 48.8 Å². The largest absolute Gasteiger partial charge is 0.405 e. The average molecular weight is 358 g/mol. The number of nitrogens with one attached hydrogen (secondary N) is 3. The fourth-order valence-corrected chi connectivity index (χ4v) is 2.66. The molecule has 132 valence electrons. The van der Waals surface area contributed by atoms with E-state index >= 15 is 0 Å². The Kier molecular flexibility index (Phi) is 3.83. The summed E-state index contributed by atoms with van der Waals surface area (Å²) in [4.78, 5) is 8.28. The number of aromatic nitrogens is 4. The predicted octanol–water partition coefficient (Wildman–Crippen LogP) is 4.22. The van der Waals surface area contributed by atoms with Gasteiger partial charge >= 0.3 is 6.18 Å². The maximum Gasteiger partial charge on any atom is 0.405 e. The first-order valence-electron chi connectivity index (χ1n) is 7.75. The number of hydrogen-bond acceptors (Lipinski definition) is 5. The molecule has 0 saturated carbocycles. The van der Waals surface area contributed by atoms with Gasteiger partial charge in [0, 0.05) is 23.5 Å². The zero-order valence-corrected chi connectivity index (χ0v) is 13.3. The molecule has 0 aliphatic carbocycles. The molecule has 4 aromatic rings. The van der Waals surface area contributed by atoms with Crippen molar-refractivity contribution in [2.75, 3.05) is 17.2 Å². The number of aromatic amines is 1. The molecule has 0 aliphatic heterocycles. The Balaban J connectivity index is 1.64. The van der Waals surface area contributed by atoms with E-state index in [0.717, 1.165) is 16.6 Å². The van der Waals surface area contributed by atoms with Gasteiger partial charge in [-0.2, -0.15) is 18.3 Å². The first-order valence-corrected chi connectivity index (χ1v) is 7.75. The maximum absolute atomic E-state index is 12.4. The highest BCUT2D eigenvalue weighted by atomic mass is 19.4. The molecule has 0 amide bonds. The molecule has 4 rings (SSSR count). The second kappa shape index (κ2) is 6.17. The van der Waals surface area contributed by atoms with E-state index in [2.05, 4.69) is 30.8 Å². The van der Waals surface area contributed by atoms with Gasteiger partial charge in [-0.3, -0.25) is 10.1 Å². The Labute approximate surface area is 145 Å². The van der Waals surface area contributed by atoms with E-state index < -0.39 is 12.7 Å². The predicted molar refractivity (Wildman–Crippen MR) is 93.5 cm³/mol. The van der Waals surface area contributed by atoms with Crippen LogP contribution in [-0.4, -0.2) is 32.9 Å². The summed E-state index contributed by atoms with van der Waals surface area (Å²) in [5.41, 5.74) is 2.25. The van der Waals surface area contributed by atoms with E-state index in [0.29, 0.717) is 16.7 Å². The minimum Gasteiger partial charge on any atom is -0.361 e. The van der Waals surface area contributed by atoms with Crippen molar-refractivity contribution < 1.29 is 13.2 Å². The smallest absolute Gasteiger partial charge is 0.361 e. The zero-order valence-electron chi connectivity index (χ0n) is 13.3. The number of hydrogen-bond donors (Lipinski definition) is 3. The normalized spacial score (nSPS) is 11.8. The summed E-state index contributed by atoms with van der Waals surface area (Å²) in [6.45, 7) is -1.13. The van der Waals surface area contributed by atoms with Gasteiger partial charge in [-0.1, -0.05) is 0 Å². The van der Waals surface area contributed by atoms with E-state index in [-0.39, 0.29) is 5.82 Å². The number of alkyl halides is 3. The maximum atomic E-state index is 12.4. The molecule has 6 nitrogen and oxygen atoms in total. The number of rotatable bonds is 4. The quantitative estimate of drug-likeness (QED) is 0.509. The average Bonchev–Trinajstić information content (AvgIpc) is 3.02. The minimum atomic E-state index is -4.31. The molecule has 0 bridgehead atoms. The molecule has 3 N–H and O–H groups in total. The third kappa shape index (κ3) is 3.23.